The molecule has 0 atom stereocenters. The summed E-state index contributed by atoms with van der Waals surface area (Å²) in [5.74, 6) is 0. The molecule has 0 heterocycles. The second-order valence-corrected chi connectivity index (χ2v) is 0. The quantitative estimate of drug-likeness (QED) is 0.328. The van der Waals surface area contributed by atoms with Gasteiger partial charge in [-0.1, -0.05) is 0 Å². The summed E-state index contributed by atoms with van der Waals surface area (Å²) in [6.45, 7) is 0. The zero-order valence-corrected chi connectivity index (χ0v) is 4.68. The minimum Gasteiger partial charge on any atom is -0.412 e. The van der Waals surface area contributed by atoms with E-state index in [0.29, 0.717) is 0 Å². The smallest absolute Gasteiger partial charge is 0.412 e. The van der Waals surface area contributed by atoms with Crippen molar-refractivity contribution >= 4 is 0 Å². The van der Waals surface area contributed by atoms with Crippen molar-refractivity contribution in [3.8, 4) is 0 Å². The second-order valence-electron chi connectivity index (χ2n) is 0. The standard InChI is InChI=1S/Cr.6H2O/h;6*1H2/q+3;;;;;;. The van der Waals surface area contributed by atoms with Crippen molar-refractivity contribution < 1.29 is 50.2 Å². The molecule has 0 fully saturated rings. The molecule has 0 aromatic heterocycles. The first kappa shape index (κ1) is 3380. The Bertz CT molecular complexity index is 4.14. The molecule has 7 heteroatoms. The summed E-state index contributed by atoms with van der Waals surface area (Å²) in [6.07, 6.45) is 0. The predicted octanol–water partition coefficient (Wildman–Crippen LogP) is -4.95. The summed E-state index contributed by atoms with van der Waals surface area (Å²) in [4.78, 5) is 0. The summed E-state index contributed by atoms with van der Waals surface area (Å²) in [7, 11) is 0. The van der Waals surface area contributed by atoms with Gasteiger partial charge in [-0.05, 0) is 0 Å². The first-order chi connectivity index (χ1) is 0. The van der Waals surface area contributed by atoms with Crippen molar-refractivity contribution in [3.63, 3.8) is 0 Å². The van der Waals surface area contributed by atoms with Crippen LogP contribution in [0, 0.1) is 0 Å². The average molecular weight is 160 g/mol. The monoisotopic (exact) mass is 160 g/mol. The van der Waals surface area contributed by atoms with Crippen LogP contribution in [0.25, 0.3) is 0 Å². The predicted molar refractivity (Wildman–Crippen MR) is 21.7 cm³/mol. The van der Waals surface area contributed by atoms with E-state index in [9.17, 15) is 0 Å². The van der Waals surface area contributed by atoms with Gasteiger partial charge in [-0.2, -0.15) is 0 Å². The minimum absolute atomic E-state index is 0. The van der Waals surface area contributed by atoms with Crippen molar-refractivity contribution in [2.24, 2.45) is 0 Å². The third kappa shape index (κ3) is 1360. The van der Waals surface area contributed by atoms with E-state index in [1.807, 2.05) is 0 Å². The Morgan fingerprint density at radius 2 is 0.286 bits per heavy atom. The van der Waals surface area contributed by atoms with Gasteiger partial charge in [0.25, 0.3) is 0 Å². The molecule has 0 aliphatic carbocycles. The van der Waals surface area contributed by atoms with Gasteiger partial charge in [0.1, 0.15) is 0 Å². The van der Waals surface area contributed by atoms with Crippen LogP contribution in [-0.2, 0) is 17.4 Å². The van der Waals surface area contributed by atoms with Crippen LogP contribution in [0.1, 0.15) is 0 Å². The van der Waals surface area contributed by atoms with E-state index in [1.165, 1.54) is 0 Å². The fraction of sp³-hybridized carbons (Fsp3) is 0. The van der Waals surface area contributed by atoms with Gasteiger partial charge in [0, 0.05) is 0 Å². The maximum atomic E-state index is 0. The molecule has 0 saturated carbocycles. The molecule has 0 bridgehead atoms. The average Bonchev–Trinajstić information content (AvgIpc) is 0. The van der Waals surface area contributed by atoms with Gasteiger partial charge in [-0.25, -0.2) is 0 Å². The molecule has 0 spiro atoms. The summed E-state index contributed by atoms with van der Waals surface area (Å²) in [5.41, 5.74) is 0. The first-order valence-electron chi connectivity index (χ1n) is 0. The van der Waals surface area contributed by atoms with Crippen LogP contribution < -0.4 is 0 Å². The Hall–Kier alpha value is 0.292. The van der Waals surface area contributed by atoms with Gasteiger partial charge in [0.2, 0.25) is 0 Å². The van der Waals surface area contributed by atoms with Crippen molar-refractivity contribution in [1.29, 1.82) is 0 Å². The second kappa shape index (κ2) is 2060. The van der Waals surface area contributed by atoms with Gasteiger partial charge in [0.15, 0.2) is 0 Å². The maximum Gasteiger partial charge on any atom is 3.00 e. The van der Waals surface area contributed by atoms with Crippen molar-refractivity contribution in [2.45, 2.75) is 0 Å². The van der Waals surface area contributed by atoms with Crippen LogP contribution in [0.4, 0.5) is 0 Å². The molecule has 0 aromatic rings. The van der Waals surface area contributed by atoms with E-state index in [2.05, 4.69) is 0 Å². The summed E-state index contributed by atoms with van der Waals surface area (Å²) < 4.78 is 0. The number of hydrogen-bond acceptors (Lipinski definition) is 0. The van der Waals surface area contributed by atoms with E-state index in [4.69, 9.17) is 0 Å². The van der Waals surface area contributed by atoms with Crippen LogP contribution in [0.5, 0.6) is 0 Å². The molecular weight excluding hydrogens is 148 g/mol. The van der Waals surface area contributed by atoms with Crippen LogP contribution in [-0.4, -0.2) is 32.9 Å². The molecule has 0 amide bonds. The van der Waals surface area contributed by atoms with Gasteiger partial charge in [0.05, 0.1) is 0 Å². The van der Waals surface area contributed by atoms with E-state index in [0.717, 1.165) is 0 Å². The van der Waals surface area contributed by atoms with E-state index < -0.39 is 0 Å². The molecule has 0 unspecified atom stereocenters. The Morgan fingerprint density at radius 3 is 0.286 bits per heavy atom. The van der Waals surface area contributed by atoms with Crippen molar-refractivity contribution in [3.05, 3.63) is 0 Å². The third-order valence-corrected chi connectivity index (χ3v) is 0. The molecule has 6 nitrogen and oxygen atoms in total. The molecule has 12 N–H and O–H groups in total. The van der Waals surface area contributed by atoms with E-state index >= 15 is 0 Å². The van der Waals surface area contributed by atoms with Gasteiger partial charge in [-0.15, -0.1) is 0 Å². The number of hydrogen-bond donors (Lipinski definition) is 0. The molecule has 0 saturated heterocycles. The molecule has 0 aromatic carbocycles. The SMILES string of the molecule is O.O.O.O.O.O.[Cr+3]. The molecule has 7 heavy (non-hydrogen) atoms. The van der Waals surface area contributed by atoms with E-state index in [1.54, 1.807) is 0 Å². The molecule has 0 aliphatic heterocycles. The van der Waals surface area contributed by atoms with Gasteiger partial charge >= 0.3 is 17.4 Å². The zero-order chi connectivity index (χ0) is 0. The fourth-order valence-electron chi connectivity index (χ4n) is 0. The topological polar surface area (TPSA) is 189 Å². The molecule has 51 valence electrons. The molecule has 0 rings (SSSR count). The summed E-state index contributed by atoms with van der Waals surface area (Å²) in [5, 5.41) is 0. The normalized spacial score (nSPS) is 0. The first-order valence-corrected chi connectivity index (χ1v) is 0. The largest absolute Gasteiger partial charge is 3.00 e. The van der Waals surface area contributed by atoms with Gasteiger partial charge in [-0.3, -0.25) is 0 Å². The Balaban J connectivity index is 0. The van der Waals surface area contributed by atoms with Crippen LogP contribution in [0.15, 0.2) is 0 Å². The Kier molecular flexibility index (Phi) is 994000. The van der Waals surface area contributed by atoms with E-state index in [-0.39, 0.29) is 50.2 Å². The van der Waals surface area contributed by atoms with Crippen LogP contribution in [0.3, 0.4) is 0 Å². The Labute approximate surface area is 51.1 Å². The minimum atomic E-state index is 0. The van der Waals surface area contributed by atoms with Crippen molar-refractivity contribution in [1.82, 2.24) is 0 Å². The fourth-order valence-corrected chi connectivity index (χ4v) is 0. The van der Waals surface area contributed by atoms with Gasteiger partial charge < -0.3 is 32.9 Å². The van der Waals surface area contributed by atoms with Crippen molar-refractivity contribution in [2.75, 3.05) is 0 Å². The zero-order valence-electron chi connectivity index (χ0n) is 3.41. The Morgan fingerprint density at radius 1 is 0.286 bits per heavy atom. The molecular formula is H12CrO6+3. The van der Waals surface area contributed by atoms with Crippen LogP contribution in [0.2, 0.25) is 0 Å². The number of rotatable bonds is 0. The van der Waals surface area contributed by atoms with Crippen LogP contribution >= 0.6 is 0 Å². The molecule has 1 radical (unpaired) electrons. The summed E-state index contributed by atoms with van der Waals surface area (Å²) in [6, 6.07) is 0. The maximum absolute atomic E-state index is 0. The third-order valence-electron chi connectivity index (χ3n) is 0. The summed E-state index contributed by atoms with van der Waals surface area (Å²) >= 11 is 0. The molecule has 0 aliphatic rings.